The average molecular weight is 436 g/mol. The number of hydrogen-bond donors (Lipinski definition) is 1. The Morgan fingerprint density at radius 1 is 1.06 bits per heavy atom. The van der Waals surface area contributed by atoms with Crippen molar-refractivity contribution in [3.05, 3.63) is 64.3 Å². The minimum atomic E-state index is 0.208. The Kier molecular flexibility index (Phi) is 6.42. The fourth-order valence-electron chi connectivity index (χ4n) is 4.48. The number of benzene rings is 1. The van der Waals surface area contributed by atoms with E-state index in [1.165, 1.54) is 34.2 Å². The number of hydrogen-bond acceptors (Lipinski definition) is 4. The first-order valence-corrected chi connectivity index (χ1v) is 11.7. The summed E-state index contributed by atoms with van der Waals surface area (Å²) in [5.74, 6) is 3.19. The summed E-state index contributed by atoms with van der Waals surface area (Å²) in [6, 6.07) is 8.36. The van der Waals surface area contributed by atoms with Gasteiger partial charge in [0.1, 0.15) is 17.4 Å². The summed E-state index contributed by atoms with van der Waals surface area (Å²) >= 11 is 0. The molecule has 6 heteroatoms. The molecule has 4 rings (SSSR count). The molecule has 0 aliphatic carbocycles. The molecule has 1 aliphatic heterocycles. The molecule has 0 spiro atoms. The number of H-pyrrole nitrogens is 1. The molecule has 3 heterocycles. The molecule has 0 saturated heterocycles. The maximum absolute atomic E-state index is 5.32. The summed E-state index contributed by atoms with van der Waals surface area (Å²) < 4.78 is 7.81. The van der Waals surface area contributed by atoms with Crippen LogP contribution in [0.4, 0.5) is 0 Å². The molecule has 0 atom stereocenters. The van der Waals surface area contributed by atoms with E-state index in [4.69, 9.17) is 14.7 Å². The van der Waals surface area contributed by atoms with Crippen LogP contribution in [0.25, 0.3) is 0 Å². The van der Waals surface area contributed by atoms with Gasteiger partial charge in [-0.25, -0.2) is 9.97 Å². The fourth-order valence-corrected chi connectivity index (χ4v) is 4.48. The second-order valence-electron chi connectivity index (χ2n) is 10.2. The van der Waals surface area contributed by atoms with Crippen molar-refractivity contribution in [2.24, 2.45) is 5.41 Å². The maximum atomic E-state index is 5.32. The SMILES string of the molecule is CCc1nc(CN2CCn3c(CC(C)(C)C)nc(Cc4ccc(OC)cc4)c3C2)c(C)[nH]1. The summed E-state index contributed by atoms with van der Waals surface area (Å²) in [7, 11) is 1.71. The minimum Gasteiger partial charge on any atom is -0.497 e. The number of nitrogens with one attached hydrogen (secondary N) is 1. The zero-order valence-electron chi connectivity index (χ0n) is 20.5. The van der Waals surface area contributed by atoms with Crippen LogP contribution in [0.3, 0.4) is 0 Å². The van der Waals surface area contributed by atoms with Crippen LogP contribution >= 0.6 is 0 Å². The highest BCUT2D eigenvalue weighted by Crippen LogP contribution is 2.28. The van der Waals surface area contributed by atoms with E-state index in [1.807, 2.05) is 12.1 Å². The van der Waals surface area contributed by atoms with Crippen molar-refractivity contribution in [1.29, 1.82) is 0 Å². The van der Waals surface area contributed by atoms with Crippen molar-refractivity contribution in [1.82, 2.24) is 24.4 Å². The highest BCUT2D eigenvalue weighted by atomic mass is 16.5. The van der Waals surface area contributed by atoms with Gasteiger partial charge in [0.25, 0.3) is 0 Å². The van der Waals surface area contributed by atoms with Crippen molar-refractivity contribution in [2.75, 3.05) is 13.7 Å². The van der Waals surface area contributed by atoms with Crippen LogP contribution < -0.4 is 4.74 Å². The van der Waals surface area contributed by atoms with Crippen molar-refractivity contribution < 1.29 is 4.74 Å². The van der Waals surface area contributed by atoms with Gasteiger partial charge in [0.05, 0.1) is 24.2 Å². The predicted octanol–water partition coefficient (Wildman–Crippen LogP) is 4.68. The van der Waals surface area contributed by atoms with Gasteiger partial charge in [-0.2, -0.15) is 0 Å². The van der Waals surface area contributed by atoms with E-state index < -0.39 is 0 Å². The van der Waals surface area contributed by atoms with Crippen LogP contribution in [-0.4, -0.2) is 38.1 Å². The van der Waals surface area contributed by atoms with Gasteiger partial charge >= 0.3 is 0 Å². The average Bonchev–Trinajstić information content (AvgIpc) is 3.27. The number of fused-ring (bicyclic) bond motifs is 1. The molecule has 0 unspecified atom stereocenters. The molecule has 1 aliphatic rings. The number of ether oxygens (including phenoxy) is 1. The van der Waals surface area contributed by atoms with E-state index in [-0.39, 0.29) is 5.41 Å². The van der Waals surface area contributed by atoms with Crippen LogP contribution in [0.2, 0.25) is 0 Å². The summed E-state index contributed by atoms with van der Waals surface area (Å²) in [5.41, 5.74) is 6.39. The molecule has 0 radical (unpaired) electrons. The number of aromatic nitrogens is 4. The Balaban J connectivity index is 1.60. The lowest BCUT2D eigenvalue weighted by Gasteiger charge is -2.30. The van der Waals surface area contributed by atoms with Gasteiger partial charge < -0.3 is 14.3 Å². The molecule has 0 bridgehead atoms. The summed E-state index contributed by atoms with van der Waals surface area (Å²) in [6.07, 6.45) is 2.77. The van der Waals surface area contributed by atoms with Crippen LogP contribution in [-0.2, 0) is 38.9 Å². The zero-order valence-corrected chi connectivity index (χ0v) is 20.5. The monoisotopic (exact) mass is 435 g/mol. The van der Waals surface area contributed by atoms with E-state index in [0.29, 0.717) is 0 Å². The topological polar surface area (TPSA) is 59.0 Å². The van der Waals surface area contributed by atoms with Gasteiger partial charge in [-0.15, -0.1) is 0 Å². The van der Waals surface area contributed by atoms with Gasteiger partial charge in [0.2, 0.25) is 0 Å². The summed E-state index contributed by atoms with van der Waals surface area (Å²) in [4.78, 5) is 15.9. The van der Waals surface area contributed by atoms with Gasteiger partial charge in [-0.3, -0.25) is 4.90 Å². The second kappa shape index (κ2) is 9.10. The normalized spacial score (nSPS) is 14.6. The fraction of sp³-hybridized carbons (Fsp3) is 0.538. The summed E-state index contributed by atoms with van der Waals surface area (Å²) in [6.45, 7) is 14.9. The highest BCUT2D eigenvalue weighted by molar-refractivity contribution is 5.32. The van der Waals surface area contributed by atoms with Gasteiger partial charge in [-0.05, 0) is 30.0 Å². The number of methoxy groups -OCH3 is 1. The van der Waals surface area contributed by atoms with E-state index in [1.54, 1.807) is 7.11 Å². The number of nitrogens with zero attached hydrogens (tertiary/aromatic N) is 4. The van der Waals surface area contributed by atoms with Crippen molar-refractivity contribution in [3.8, 4) is 5.75 Å². The van der Waals surface area contributed by atoms with Crippen LogP contribution in [0.15, 0.2) is 24.3 Å². The van der Waals surface area contributed by atoms with Gasteiger partial charge in [0.15, 0.2) is 0 Å². The minimum absolute atomic E-state index is 0.208. The van der Waals surface area contributed by atoms with Crippen LogP contribution in [0.5, 0.6) is 5.75 Å². The molecule has 6 nitrogen and oxygen atoms in total. The Morgan fingerprint density at radius 2 is 1.81 bits per heavy atom. The quantitative estimate of drug-likeness (QED) is 0.585. The largest absolute Gasteiger partial charge is 0.497 e. The van der Waals surface area contributed by atoms with Gasteiger partial charge in [-0.1, -0.05) is 39.8 Å². The predicted molar refractivity (Wildman–Crippen MR) is 128 cm³/mol. The molecule has 32 heavy (non-hydrogen) atoms. The van der Waals surface area contributed by atoms with Crippen LogP contribution in [0, 0.1) is 12.3 Å². The number of rotatable bonds is 7. The first-order valence-electron chi connectivity index (χ1n) is 11.7. The second-order valence-corrected chi connectivity index (χ2v) is 10.2. The zero-order chi connectivity index (χ0) is 22.9. The van der Waals surface area contributed by atoms with E-state index in [2.05, 4.69) is 61.2 Å². The standard InChI is InChI=1S/C26H37N5O/c1-7-24-27-18(2)22(28-24)16-30-12-13-31-23(17-30)21(29-25(31)15-26(3,4)5)14-19-8-10-20(32-6)11-9-19/h8-11H,7,12-17H2,1-6H3,(H,27,28). The lowest BCUT2D eigenvalue weighted by molar-refractivity contribution is 0.206. The molecule has 2 aromatic heterocycles. The third kappa shape index (κ3) is 5.07. The van der Waals surface area contributed by atoms with Crippen molar-refractivity contribution in [2.45, 2.75) is 73.5 Å². The first-order chi connectivity index (χ1) is 15.3. The number of imidazole rings is 2. The molecule has 1 aromatic carbocycles. The molecule has 0 amide bonds. The first kappa shape index (κ1) is 22.6. The maximum Gasteiger partial charge on any atom is 0.118 e. The third-order valence-corrected chi connectivity index (χ3v) is 6.21. The van der Waals surface area contributed by atoms with Crippen molar-refractivity contribution in [3.63, 3.8) is 0 Å². The summed E-state index contributed by atoms with van der Waals surface area (Å²) in [5, 5.41) is 0. The smallest absolute Gasteiger partial charge is 0.118 e. The molecular weight excluding hydrogens is 398 g/mol. The van der Waals surface area contributed by atoms with Gasteiger partial charge in [0, 0.05) is 51.1 Å². The molecular formula is C26H37N5O. The van der Waals surface area contributed by atoms with Crippen molar-refractivity contribution >= 4 is 0 Å². The molecule has 3 aromatic rings. The Bertz CT molecular complexity index is 1060. The lowest BCUT2D eigenvalue weighted by atomic mass is 9.92. The Labute approximate surface area is 192 Å². The molecule has 0 saturated carbocycles. The van der Waals surface area contributed by atoms with E-state index in [9.17, 15) is 0 Å². The third-order valence-electron chi connectivity index (χ3n) is 6.21. The number of aromatic amines is 1. The molecule has 0 fully saturated rings. The Morgan fingerprint density at radius 3 is 2.44 bits per heavy atom. The molecule has 1 N–H and O–H groups in total. The van der Waals surface area contributed by atoms with E-state index in [0.717, 1.165) is 57.0 Å². The Hall–Kier alpha value is -2.60. The lowest BCUT2D eigenvalue weighted by Crippen LogP contribution is -2.34. The highest BCUT2D eigenvalue weighted by Gasteiger charge is 2.27. The van der Waals surface area contributed by atoms with E-state index >= 15 is 0 Å². The van der Waals surface area contributed by atoms with Crippen LogP contribution in [0.1, 0.15) is 67.7 Å². The number of aryl methyl sites for hydroxylation is 2. The molecule has 172 valence electrons.